The molecule has 1 aliphatic rings. The summed E-state index contributed by atoms with van der Waals surface area (Å²) in [4.78, 5) is 2.75. The van der Waals surface area contributed by atoms with Gasteiger partial charge in [0.15, 0.2) is 0 Å². The van der Waals surface area contributed by atoms with Crippen LogP contribution in [-0.4, -0.2) is 21.8 Å². The van der Waals surface area contributed by atoms with Gasteiger partial charge in [0.1, 0.15) is 0 Å². The molecular weight excluding hydrogens is 226 g/mol. The van der Waals surface area contributed by atoms with Gasteiger partial charge in [-0.05, 0) is 25.5 Å². The van der Waals surface area contributed by atoms with Crippen LogP contribution in [0.3, 0.4) is 0 Å². The van der Waals surface area contributed by atoms with Crippen LogP contribution in [0.5, 0.6) is 0 Å². The second-order valence-electron chi connectivity index (χ2n) is 4.05. The Morgan fingerprint density at radius 3 is 2.93 bits per heavy atom. The Kier molecular flexibility index (Phi) is 3.59. The van der Waals surface area contributed by atoms with Crippen LogP contribution in [0.2, 0.25) is 0 Å². The van der Waals surface area contributed by atoms with Crippen molar-refractivity contribution in [1.29, 1.82) is 0 Å². The highest BCUT2D eigenvalue weighted by atomic mass is 32.2. The van der Waals surface area contributed by atoms with Crippen molar-refractivity contribution in [3.05, 3.63) is 21.9 Å². The summed E-state index contributed by atoms with van der Waals surface area (Å²) in [5.41, 5.74) is 0. The van der Waals surface area contributed by atoms with Gasteiger partial charge in [-0.3, -0.25) is 4.21 Å². The number of rotatable bonds is 2. The van der Waals surface area contributed by atoms with Crippen molar-refractivity contribution in [3.63, 3.8) is 0 Å². The summed E-state index contributed by atoms with van der Waals surface area (Å²) in [6.07, 6.45) is 1.09. The highest BCUT2D eigenvalue weighted by Gasteiger charge is 2.24. The Morgan fingerprint density at radius 1 is 1.53 bits per heavy atom. The second-order valence-corrected chi connectivity index (χ2v) is 6.80. The maximum Gasteiger partial charge on any atom is 0.0534 e. The first-order valence-electron chi connectivity index (χ1n) is 5.38. The number of nitrogens with one attached hydrogen (secondary N) is 1. The first-order valence-corrected chi connectivity index (χ1v) is 7.69. The zero-order chi connectivity index (χ0) is 10.8. The second kappa shape index (κ2) is 4.76. The van der Waals surface area contributed by atoms with E-state index in [-0.39, 0.29) is 0 Å². The van der Waals surface area contributed by atoms with E-state index in [9.17, 15) is 4.21 Å². The van der Waals surface area contributed by atoms with Crippen LogP contribution >= 0.6 is 11.3 Å². The number of thiophene rings is 1. The van der Waals surface area contributed by atoms with Gasteiger partial charge in [0.05, 0.1) is 6.04 Å². The lowest BCUT2D eigenvalue weighted by atomic mass is 10.2. The molecule has 2 heterocycles. The zero-order valence-corrected chi connectivity index (χ0v) is 10.8. The Balaban J connectivity index is 2.12. The van der Waals surface area contributed by atoms with Crippen molar-refractivity contribution in [2.45, 2.75) is 32.4 Å². The van der Waals surface area contributed by atoms with E-state index >= 15 is 0 Å². The molecule has 1 aliphatic heterocycles. The molecule has 2 nitrogen and oxygen atoms in total. The molecule has 1 fully saturated rings. The summed E-state index contributed by atoms with van der Waals surface area (Å²) in [5, 5.41) is 3.52. The van der Waals surface area contributed by atoms with Gasteiger partial charge in [-0.25, -0.2) is 0 Å². The normalized spacial score (nSPS) is 31.7. The lowest BCUT2D eigenvalue weighted by Gasteiger charge is -2.27. The van der Waals surface area contributed by atoms with E-state index in [0.29, 0.717) is 12.1 Å². The summed E-state index contributed by atoms with van der Waals surface area (Å²) in [6, 6.07) is 5.04. The number of aryl methyl sites for hydroxylation is 1. The number of hydrogen-bond acceptors (Lipinski definition) is 3. The summed E-state index contributed by atoms with van der Waals surface area (Å²) in [6.45, 7) is 4.28. The standard InChI is InChI=1S/C11H17NOS2/c1-3-9-4-5-11(14-9)10-7-15(13)6-8(2)12-10/h4-5,8,10,12H,3,6-7H2,1-2H3. The van der Waals surface area contributed by atoms with E-state index in [4.69, 9.17) is 0 Å². The van der Waals surface area contributed by atoms with Crippen molar-refractivity contribution in [2.24, 2.45) is 0 Å². The fourth-order valence-electron chi connectivity index (χ4n) is 1.91. The molecule has 3 unspecified atom stereocenters. The van der Waals surface area contributed by atoms with Crippen LogP contribution in [0.4, 0.5) is 0 Å². The van der Waals surface area contributed by atoms with Crippen LogP contribution in [0, 0.1) is 0 Å². The molecule has 84 valence electrons. The maximum absolute atomic E-state index is 11.6. The molecule has 1 aromatic heterocycles. The molecule has 15 heavy (non-hydrogen) atoms. The maximum atomic E-state index is 11.6. The Hall–Kier alpha value is -0.190. The molecule has 1 aromatic rings. The molecular formula is C11H17NOS2. The smallest absolute Gasteiger partial charge is 0.0534 e. The van der Waals surface area contributed by atoms with E-state index in [1.54, 1.807) is 0 Å². The fourth-order valence-corrected chi connectivity index (χ4v) is 4.46. The first-order chi connectivity index (χ1) is 7.19. The van der Waals surface area contributed by atoms with Crippen molar-refractivity contribution in [2.75, 3.05) is 11.5 Å². The monoisotopic (exact) mass is 243 g/mol. The van der Waals surface area contributed by atoms with E-state index in [1.165, 1.54) is 9.75 Å². The quantitative estimate of drug-likeness (QED) is 0.862. The minimum atomic E-state index is -0.649. The van der Waals surface area contributed by atoms with E-state index < -0.39 is 10.8 Å². The largest absolute Gasteiger partial charge is 0.305 e. The molecule has 1 N–H and O–H groups in total. The molecule has 0 bridgehead atoms. The first kappa shape index (κ1) is 11.3. The van der Waals surface area contributed by atoms with Gasteiger partial charge in [0.25, 0.3) is 0 Å². The van der Waals surface area contributed by atoms with E-state index in [1.807, 2.05) is 11.3 Å². The van der Waals surface area contributed by atoms with Crippen LogP contribution in [0.15, 0.2) is 12.1 Å². The number of hydrogen-bond donors (Lipinski definition) is 1. The molecule has 0 spiro atoms. The highest BCUT2D eigenvalue weighted by Crippen LogP contribution is 2.26. The summed E-state index contributed by atoms with van der Waals surface area (Å²) in [5.74, 6) is 1.57. The summed E-state index contributed by atoms with van der Waals surface area (Å²) >= 11 is 1.85. The minimum absolute atomic E-state index is 0.305. The van der Waals surface area contributed by atoms with Crippen molar-refractivity contribution >= 4 is 22.1 Å². The van der Waals surface area contributed by atoms with Gasteiger partial charge < -0.3 is 5.32 Å². The Labute approximate surface area is 97.5 Å². The highest BCUT2D eigenvalue weighted by molar-refractivity contribution is 7.85. The van der Waals surface area contributed by atoms with Crippen molar-refractivity contribution in [1.82, 2.24) is 5.32 Å². The van der Waals surface area contributed by atoms with Gasteiger partial charge in [-0.15, -0.1) is 11.3 Å². The third kappa shape index (κ3) is 2.68. The summed E-state index contributed by atoms with van der Waals surface area (Å²) < 4.78 is 11.6. The van der Waals surface area contributed by atoms with Gasteiger partial charge >= 0.3 is 0 Å². The van der Waals surface area contributed by atoms with Crippen LogP contribution in [0.1, 0.15) is 29.6 Å². The van der Waals surface area contributed by atoms with Crippen LogP contribution in [0.25, 0.3) is 0 Å². The third-order valence-electron chi connectivity index (χ3n) is 2.65. The predicted octanol–water partition coefficient (Wildman–Crippen LogP) is 2.09. The topological polar surface area (TPSA) is 29.1 Å². The van der Waals surface area contributed by atoms with Gasteiger partial charge in [-0.1, -0.05) is 6.92 Å². The fraction of sp³-hybridized carbons (Fsp3) is 0.636. The molecule has 0 radical (unpaired) electrons. The molecule has 2 rings (SSSR count). The third-order valence-corrected chi connectivity index (χ3v) is 5.57. The molecule has 3 atom stereocenters. The minimum Gasteiger partial charge on any atom is -0.305 e. The van der Waals surface area contributed by atoms with Gasteiger partial charge in [0.2, 0.25) is 0 Å². The molecule has 0 aromatic carbocycles. The zero-order valence-electron chi connectivity index (χ0n) is 9.16. The van der Waals surface area contributed by atoms with E-state index in [2.05, 4.69) is 31.3 Å². The predicted molar refractivity (Wildman–Crippen MR) is 66.9 cm³/mol. The average Bonchev–Trinajstić information content (AvgIpc) is 2.64. The van der Waals surface area contributed by atoms with Crippen molar-refractivity contribution in [3.8, 4) is 0 Å². The molecule has 1 saturated heterocycles. The molecule has 0 amide bonds. The van der Waals surface area contributed by atoms with Gasteiger partial charge in [-0.2, -0.15) is 0 Å². The van der Waals surface area contributed by atoms with Crippen LogP contribution in [-0.2, 0) is 17.2 Å². The average molecular weight is 243 g/mol. The lowest BCUT2D eigenvalue weighted by molar-refractivity contribution is 0.495. The lowest BCUT2D eigenvalue weighted by Crippen LogP contribution is -2.42. The molecule has 0 aliphatic carbocycles. The van der Waals surface area contributed by atoms with Crippen LogP contribution < -0.4 is 5.32 Å². The summed E-state index contributed by atoms with van der Waals surface area (Å²) in [7, 11) is -0.649. The Morgan fingerprint density at radius 2 is 2.33 bits per heavy atom. The Bertz CT molecular complexity index is 361. The van der Waals surface area contributed by atoms with E-state index in [0.717, 1.165) is 17.9 Å². The molecule has 4 heteroatoms. The SMILES string of the molecule is CCc1ccc(C2CS(=O)CC(C)N2)s1. The van der Waals surface area contributed by atoms with Gasteiger partial charge in [0, 0.05) is 38.1 Å². The molecule has 0 saturated carbocycles. The van der Waals surface area contributed by atoms with Crippen molar-refractivity contribution < 1.29 is 4.21 Å².